The van der Waals surface area contributed by atoms with Crippen LogP contribution < -0.4 is 0 Å². The zero-order valence-electron chi connectivity index (χ0n) is 16.8. The largest absolute Gasteiger partial charge is 0.481 e. The molecule has 1 aliphatic carbocycles. The Bertz CT molecular complexity index is 836. The van der Waals surface area contributed by atoms with Crippen LogP contribution in [-0.2, 0) is 9.59 Å². The second-order valence-corrected chi connectivity index (χ2v) is 9.26. The van der Waals surface area contributed by atoms with Gasteiger partial charge in [0.25, 0.3) is 0 Å². The summed E-state index contributed by atoms with van der Waals surface area (Å²) in [6, 6.07) is 10.2. The van der Waals surface area contributed by atoms with Gasteiger partial charge >= 0.3 is 5.97 Å². The molecule has 1 aromatic heterocycles. The second kappa shape index (κ2) is 10.2. The fraction of sp³-hybridized carbons (Fsp3) is 0.500. The van der Waals surface area contributed by atoms with Crippen LogP contribution in [0.1, 0.15) is 68.8 Å². The van der Waals surface area contributed by atoms with E-state index in [0.29, 0.717) is 19.3 Å². The summed E-state index contributed by atoms with van der Waals surface area (Å²) in [4.78, 5) is 24.0. The maximum absolute atomic E-state index is 12.4. The van der Waals surface area contributed by atoms with Crippen molar-refractivity contribution in [3.8, 4) is 0 Å². The molecule has 1 heterocycles. The Morgan fingerprint density at radius 2 is 1.90 bits per heavy atom. The Hall–Kier alpha value is -1.98. The number of rotatable bonds is 11. The van der Waals surface area contributed by atoms with Gasteiger partial charge in [-0.15, -0.1) is 11.3 Å². The Kier molecular flexibility index (Phi) is 7.62. The molecule has 0 amide bonds. The number of Topliss-reactive ketones (excluding diaryl/α,β-unsaturated/α-hetero) is 1. The summed E-state index contributed by atoms with van der Waals surface area (Å²) in [6.45, 7) is 4.13. The first kappa shape index (κ1) is 21.7. The molecule has 2 aromatic rings. The molecule has 29 heavy (non-hydrogen) atoms. The lowest BCUT2D eigenvalue weighted by Gasteiger charge is -2.20. The highest BCUT2D eigenvalue weighted by atomic mass is 32.1. The van der Waals surface area contributed by atoms with E-state index >= 15 is 0 Å². The van der Waals surface area contributed by atoms with E-state index in [-0.39, 0.29) is 24.0 Å². The van der Waals surface area contributed by atoms with Gasteiger partial charge in [-0.25, -0.2) is 0 Å². The van der Waals surface area contributed by atoms with Crippen LogP contribution in [-0.4, -0.2) is 22.0 Å². The van der Waals surface area contributed by atoms with Crippen LogP contribution in [0.5, 0.6) is 0 Å². The van der Waals surface area contributed by atoms with Crippen molar-refractivity contribution in [3.05, 3.63) is 47.4 Å². The van der Waals surface area contributed by atoms with Gasteiger partial charge in [0.1, 0.15) is 5.78 Å². The van der Waals surface area contributed by atoms with Crippen LogP contribution >= 0.6 is 11.3 Å². The van der Waals surface area contributed by atoms with Gasteiger partial charge in [-0.2, -0.15) is 0 Å². The van der Waals surface area contributed by atoms with Crippen molar-refractivity contribution in [2.45, 2.75) is 63.9 Å². The first-order chi connectivity index (χ1) is 14.0. The molecular formula is C24H30O4S. The lowest BCUT2D eigenvalue weighted by molar-refractivity contribution is -0.137. The topological polar surface area (TPSA) is 74.6 Å². The molecule has 3 atom stereocenters. The number of aliphatic hydroxyl groups is 1. The summed E-state index contributed by atoms with van der Waals surface area (Å²) in [5.74, 6) is -0.298. The van der Waals surface area contributed by atoms with Crippen molar-refractivity contribution in [3.63, 3.8) is 0 Å². The second-order valence-electron chi connectivity index (χ2n) is 8.14. The molecular weight excluding hydrogens is 384 g/mol. The Morgan fingerprint density at radius 3 is 2.66 bits per heavy atom. The number of thiophene rings is 1. The van der Waals surface area contributed by atoms with Crippen LogP contribution in [0.25, 0.3) is 10.1 Å². The molecule has 1 aromatic carbocycles. The predicted molar refractivity (Wildman–Crippen MR) is 117 cm³/mol. The minimum atomic E-state index is -0.746. The Morgan fingerprint density at radius 1 is 1.14 bits per heavy atom. The fourth-order valence-corrected chi connectivity index (χ4v) is 5.49. The molecule has 1 aliphatic rings. The van der Waals surface area contributed by atoms with E-state index in [1.807, 2.05) is 12.1 Å². The number of allylic oxidation sites excluding steroid dienone is 1. The van der Waals surface area contributed by atoms with Gasteiger partial charge in [0, 0.05) is 28.3 Å². The molecule has 3 unspecified atom stereocenters. The van der Waals surface area contributed by atoms with Gasteiger partial charge in [0.05, 0.1) is 6.10 Å². The van der Waals surface area contributed by atoms with E-state index in [1.165, 1.54) is 4.70 Å². The van der Waals surface area contributed by atoms with Gasteiger partial charge < -0.3 is 10.2 Å². The highest BCUT2D eigenvalue weighted by Gasteiger charge is 2.36. The number of fused-ring (bicyclic) bond motifs is 1. The van der Waals surface area contributed by atoms with E-state index in [2.05, 4.69) is 24.8 Å². The van der Waals surface area contributed by atoms with Gasteiger partial charge in [-0.3, -0.25) is 9.59 Å². The van der Waals surface area contributed by atoms with E-state index < -0.39 is 12.1 Å². The van der Waals surface area contributed by atoms with E-state index in [4.69, 9.17) is 5.11 Å². The maximum atomic E-state index is 12.4. The number of aliphatic hydroxyl groups excluding tert-OH is 1. The zero-order chi connectivity index (χ0) is 20.8. The molecule has 0 aliphatic heterocycles. The minimum absolute atomic E-state index is 0.0107. The van der Waals surface area contributed by atoms with Crippen molar-refractivity contribution in [1.82, 2.24) is 0 Å². The number of carbonyl (C=O) groups is 2. The monoisotopic (exact) mass is 414 g/mol. The number of aliphatic carboxylic acids is 1. The minimum Gasteiger partial charge on any atom is -0.481 e. The first-order valence-corrected chi connectivity index (χ1v) is 11.4. The van der Waals surface area contributed by atoms with Crippen LogP contribution in [0.4, 0.5) is 0 Å². The SMILES string of the molecule is C=C1CC(=O)C(CCCCCCC(=O)O)C1CCC(O)c1cc2ccccc2s1. The summed E-state index contributed by atoms with van der Waals surface area (Å²) in [6.07, 6.45) is 5.93. The molecule has 4 nitrogen and oxygen atoms in total. The molecule has 156 valence electrons. The van der Waals surface area contributed by atoms with Crippen molar-refractivity contribution in [2.24, 2.45) is 11.8 Å². The predicted octanol–water partition coefficient (Wildman–Crippen LogP) is 5.90. The molecule has 0 spiro atoms. The first-order valence-electron chi connectivity index (χ1n) is 10.5. The normalized spacial score (nSPS) is 20.4. The third-order valence-corrected chi connectivity index (χ3v) is 7.22. The summed E-state index contributed by atoms with van der Waals surface area (Å²) in [5, 5.41) is 20.5. The van der Waals surface area contributed by atoms with Crippen LogP contribution in [0, 0.1) is 11.8 Å². The number of hydrogen-bond donors (Lipinski definition) is 2. The van der Waals surface area contributed by atoms with E-state index in [9.17, 15) is 14.7 Å². The van der Waals surface area contributed by atoms with Crippen molar-refractivity contribution >= 4 is 33.2 Å². The lowest BCUT2D eigenvalue weighted by atomic mass is 9.84. The average Bonchev–Trinajstić information content (AvgIpc) is 3.23. The molecule has 1 saturated carbocycles. The molecule has 0 radical (unpaired) electrons. The highest BCUT2D eigenvalue weighted by molar-refractivity contribution is 7.19. The van der Waals surface area contributed by atoms with Crippen molar-refractivity contribution in [1.29, 1.82) is 0 Å². The summed E-state index contributed by atoms with van der Waals surface area (Å²) in [5.41, 5.74) is 1.01. The molecule has 3 rings (SSSR count). The van der Waals surface area contributed by atoms with Gasteiger partial charge in [0.2, 0.25) is 0 Å². The van der Waals surface area contributed by atoms with Crippen LogP contribution in [0.2, 0.25) is 0 Å². The summed E-state index contributed by atoms with van der Waals surface area (Å²) >= 11 is 1.63. The quantitative estimate of drug-likeness (QED) is 0.354. The summed E-state index contributed by atoms with van der Waals surface area (Å²) in [7, 11) is 0. The summed E-state index contributed by atoms with van der Waals surface area (Å²) < 4.78 is 1.18. The average molecular weight is 415 g/mol. The number of carbonyl (C=O) groups excluding carboxylic acids is 1. The molecule has 1 fully saturated rings. The third kappa shape index (κ3) is 5.77. The third-order valence-electron chi connectivity index (χ3n) is 6.00. The molecule has 0 bridgehead atoms. The maximum Gasteiger partial charge on any atom is 0.303 e. The number of ketones is 1. The van der Waals surface area contributed by atoms with Crippen molar-refractivity contribution in [2.75, 3.05) is 0 Å². The number of benzene rings is 1. The molecule has 2 N–H and O–H groups in total. The van der Waals surface area contributed by atoms with Crippen LogP contribution in [0.15, 0.2) is 42.5 Å². The van der Waals surface area contributed by atoms with Crippen LogP contribution in [0.3, 0.4) is 0 Å². The zero-order valence-corrected chi connectivity index (χ0v) is 17.6. The molecule has 5 heteroatoms. The lowest BCUT2D eigenvalue weighted by Crippen LogP contribution is -2.16. The van der Waals surface area contributed by atoms with Gasteiger partial charge in [-0.05, 0) is 49.1 Å². The van der Waals surface area contributed by atoms with E-state index in [0.717, 1.165) is 47.9 Å². The number of hydrogen-bond acceptors (Lipinski definition) is 4. The Balaban J connectivity index is 1.50. The molecule has 0 saturated heterocycles. The number of unbranched alkanes of at least 4 members (excludes halogenated alkanes) is 3. The van der Waals surface area contributed by atoms with Crippen molar-refractivity contribution < 1.29 is 19.8 Å². The number of carboxylic acid groups (broad SMARTS) is 1. The standard InChI is InChI=1S/C24H30O4S/c1-16-14-21(26)19(9-4-2-3-5-11-24(27)28)18(16)12-13-20(25)23-15-17-8-6-7-10-22(17)29-23/h6-8,10,15,18-20,25H,1-5,9,11-14H2,(H,27,28). The van der Waals surface area contributed by atoms with Gasteiger partial charge in [-0.1, -0.05) is 49.6 Å². The van der Waals surface area contributed by atoms with E-state index in [1.54, 1.807) is 11.3 Å². The Labute approximate surface area is 176 Å². The number of carboxylic acids is 1. The fourth-order valence-electron chi connectivity index (χ4n) is 4.40. The van der Waals surface area contributed by atoms with Gasteiger partial charge in [0.15, 0.2) is 0 Å². The smallest absolute Gasteiger partial charge is 0.303 e. The highest BCUT2D eigenvalue weighted by Crippen LogP contribution is 2.41.